The van der Waals surface area contributed by atoms with Gasteiger partial charge in [-0.15, -0.1) is 0 Å². The summed E-state index contributed by atoms with van der Waals surface area (Å²) >= 11 is 0. The second-order valence-corrected chi connectivity index (χ2v) is 15.9. The molecule has 0 N–H and O–H groups in total. The Hall–Kier alpha value is -6.97. The van der Waals surface area contributed by atoms with Crippen molar-refractivity contribution in [2.75, 3.05) is 4.90 Å². The van der Waals surface area contributed by atoms with Crippen molar-refractivity contribution in [1.29, 1.82) is 0 Å². The SMILES string of the molecule is CC1(C)c2ccccc2-c2c(N(c3ccc(-c4ccccc4)cc3)c3cccc4c3C3(c5ccccc5-c5ccccc53)c3nc5ccccc5n3-4)cccc21. The summed E-state index contributed by atoms with van der Waals surface area (Å²) < 4.78 is 2.44. The number of hydrogen-bond acceptors (Lipinski definition) is 2. The molecule has 1 spiro atoms. The Morgan fingerprint density at radius 2 is 1.04 bits per heavy atom. The van der Waals surface area contributed by atoms with Crippen molar-refractivity contribution in [1.82, 2.24) is 9.55 Å². The van der Waals surface area contributed by atoms with E-state index in [2.05, 4.69) is 211 Å². The number of hydrogen-bond donors (Lipinski definition) is 0. The van der Waals surface area contributed by atoms with Gasteiger partial charge in [-0.2, -0.15) is 0 Å². The van der Waals surface area contributed by atoms with Crippen LogP contribution in [-0.4, -0.2) is 9.55 Å². The molecule has 0 bridgehead atoms. The van der Waals surface area contributed by atoms with Crippen LogP contribution in [0.4, 0.5) is 17.1 Å². The molecular weight excluding hydrogens is 679 g/mol. The molecule has 56 heavy (non-hydrogen) atoms. The first kappa shape index (κ1) is 31.4. The van der Waals surface area contributed by atoms with Gasteiger partial charge in [0.15, 0.2) is 0 Å². The van der Waals surface area contributed by atoms with E-state index in [0.29, 0.717) is 0 Å². The molecule has 0 fully saturated rings. The molecule has 9 aromatic rings. The molecule has 3 nitrogen and oxygen atoms in total. The maximum absolute atomic E-state index is 5.58. The molecule has 8 aromatic carbocycles. The van der Waals surface area contributed by atoms with Crippen LogP contribution >= 0.6 is 0 Å². The fraction of sp³-hybridized carbons (Fsp3) is 0.0755. The first-order valence-corrected chi connectivity index (χ1v) is 19.6. The summed E-state index contributed by atoms with van der Waals surface area (Å²) in [4.78, 5) is 8.13. The van der Waals surface area contributed by atoms with Crippen LogP contribution in [0.2, 0.25) is 0 Å². The summed E-state index contributed by atoms with van der Waals surface area (Å²) in [5.74, 6) is 1.04. The van der Waals surface area contributed by atoms with E-state index in [-0.39, 0.29) is 5.41 Å². The van der Waals surface area contributed by atoms with E-state index < -0.39 is 5.41 Å². The van der Waals surface area contributed by atoms with Crippen molar-refractivity contribution in [3.8, 4) is 39.1 Å². The fourth-order valence-corrected chi connectivity index (χ4v) is 10.4. The van der Waals surface area contributed by atoms with Crippen molar-refractivity contribution in [3.63, 3.8) is 0 Å². The minimum atomic E-state index is -0.657. The third kappa shape index (κ3) is 3.94. The standard InChI is InChI=1S/C53H37N3/c1-52(2)40-21-9-8-20-39(40)49-43(52)24-14-27-46(49)55(36-32-30-35(31-33-36)34-16-4-3-5-17-34)47-28-15-29-48-50(47)53(51-54-44-25-12-13-26-45(44)56(48)51)41-22-10-6-18-37(41)38-19-7-11-23-42(38)53/h3-33H,1-2H3. The largest absolute Gasteiger partial charge is 0.309 e. The summed E-state index contributed by atoms with van der Waals surface area (Å²) in [6.45, 7) is 4.73. The number of fused-ring (bicyclic) bond motifs is 15. The molecule has 3 aliphatic rings. The molecule has 12 rings (SSSR count). The van der Waals surface area contributed by atoms with Gasteiger partial charge in [0.05, 0.1) is 28.1 Å². The van der Waals surface area contributed by atoms with E-state index in [9.17, 15) is 0 Å². The van der Waals surface area contributed by atoms with Crippen molar-refractivity contribution in [3.05, 3.63) is 222 Å². The summed E-state index contributed by atoms with van der Waals surface area (Å²) in [6, 6.07) is 69.2. The highest BCUT2D eigenvalue weighted by Crippen LogP contribution is 2.64. The third-order valence-corrected chi connectivity index (χ3v) is 12.8. The molecule has 0 atom stereocenters. The van der Waals surface area contributed by atoms with Crippen LogP contribution in [0.5, 0.6) is 0 Å². The number of aromatic nitrogens is 2. The minimum Gasteiger partial charge on any atom is -0.309 e. The number of para-hydroxylation sites is 2. The van der Waals surface area contributed by atoms with Crippen LogP contribution in [0.25, 0.3) is 50.1 Å². The number of benzene rings is 8. The Labute approximate surface area is 326 Å². The molecule has 0 saturated heterocycles. The molecule has 0 amide bonds. The zero-order valence-electron chi connectivity index (χ0n) is 31.2. The summed E-state index contributed by atoms with van der Waals surface area (Å²) in [5, 5.41) is 0. The fourth-order valence-electron chi connectivity index (χ4n) is 10.4. The number of rotatable bonds is 4. The maximum atomic E-state index is 5.58. The number of imidazole rings is 1. The average Bonchev–Trinajstić information content (AvgIpc) is 3.94. The van der Waals surface area contributed by atoms with Crippen molar-refractivity contribution >= 4 is 28.1 Å². The van der Waals surface area contributed by atoms with Gasteiger partial charge in [0.2, 0.25) is 0 Å². The Balaban J connectivity index is 1.21. The Kier molecular flexibility index (Phi) is 6.32. The van der Waals surface area contributed by atoms with Gasteiger partial charge in [0, 0.05) is 22.2 Å². The van der Waals surface area contributed by atoms with Crippen LogP contribution in [-0.2, 0) is 10.8 Å². The van der Waals surface area contributed by atoms with Crippen LogP contribution in [0, 0.1) is 0 Å². The topological polar surface area (TPSA) is 21.1 Å². The van der Waals surface area contributed by atoms with Gasteiger partial charge in [-0.05, 0) is 92.5 Å². The Morgan fingerprint density at radius 1 is 0.464 bits per heavy atom. The molecule has 0 radical (unpaired) electrons. The molecule has 1 aliphatic heterocycles. The van der Waals surface area contributed by atoms with Gasteiger partial charge < -0.3 is 4.90 Å². The lowest BCUT2D eigenvalue weighted by Gasteiger charge is -2.35. The van der Waals surface area contributed by atoms with Gasteiger partial charge in [-0.25, -0.2) is 4.98 Å². The van der Waals surface area contributed by atoms with E-state index in [0.717, 1.165) is 33.9 Å². The van der Waals surface area contributed by atoms with E-state index in [1.165, 1.54) is 66.9 Å². The summed E-state index contributed by atoms with van der Waals surface area (Å²) in [7, 11) is 0. The predicted octanol–water partition coefficient (Wildman–Crippen LogP) is 13.1. The quantitative estimate of drug-likeness (QED) is 0.181. The van der Waals surface area contributed by atoms with Crippen LogP contribution in [0.3, 0.4) is 0 Å². The molecule has 3 heteroatoms. The third-order valence-electron chi connectivity index (χ3n) is 12.8. The van der Waals surface area contributed by atoms with Gasteiger partial charge in [-0.1, -0.05) is 159 Å². The molecule has 0 saturated carbocycles. The predicted molar refractivity (Wildman–Crippen MR) is 230 cm³/mol. The van der Waals surface area contributed by atoms with E-state index in [4.69, 9.17) is 4.98 Å². The minimum absolute atomic E-state index is 0.144. The zero-order chi connectivity index (χ0) is 37.2. The zero-order valence-corrected chi connectivity index (χ0v) is 31.2. The van der Waals surface area contributed by atoms with Crippen LogP contribution in [0.15, 0.2) is 188 Å². The Morgan fingerprint density at radius 3 is 1.79 bits per heavy atom. The van der Waals surface area contributed by atoms with Crippen molar-refractivity contribution < 1.29 is 0 Å². The van der Waals surface area contributed by atoms with Gasteiger partial charge >= 0.3 is 0 Å². The highest BCUT2D eigenvalue weighted by atomic mass is 15.2. The maximum Gasteiger partial charge on any atom is 0.134 e. The first-order valence-electron chi connectivity index (χ1n) is 19.6. The Bertz CT molecular complexity index is 3010. The monoisotopic (exact) mass is 715 g/mol. The molecule has 1 aromatic heterocycles. The second kappa shape index (κ2) is 11.3. The highest BCUT2D eigenvalue weighted by Gasteiger charge is 2.56. The second-order valence-electron chi connectivity index (χ2n) is 15.9. The van der Waals surface area contributed by atoms with Gasteiger partial charge in [0.1, 0.15) is 11.2 Å². The van der Waals surface area contributed by atoms with Crippen LogP contribution in [0.1, 0.15) is 47.5 Å². The van der Waals surface area contributed by atoms with Crippen molar-refractivity contribution in [2.24, 2.45) is 0 Å². The van der Waals surface area contributed by atoms with E-state index >= 15 is 0 Å². The first-order chi connectivity index (χ1) is 27.6. The lowest BCUT2D eigenvalue weighted by Crippen LogP contribution is -2.29. The highest BCUT2D eigenvalue weighted by molar-refractivity contribution is 5.99. The van der Waals surface area contributed by atoms with Gasteiger partial charge in [0.25, 0.3) is 0 Å². The van der Waals surface area contributed by atoms with E-state index in [1.54, 1.807) is 0 Å². The smallest absolute Gasteiger partial charge is 0.134 e. The lowest BCUT2D eigenvalue weighted by molar-refractivity contribution is 0.660. The molecular formula is C53H37N3. The van der Waals surface area contributed by atoms with Gasteiger partial charge in [-0.3, -0.25) is 4.57 Å². The summed E-state index contributed by atoms with van der Waals surface area (Å²) in [6.07, 6.45) is 0. The molecule has 0 unspecified atom stereocenters. The molecule has 2 heterocycles. The number of anilines is 3. The summed E-state index contributed by atoms with van der Waals surface area (Å²) in [5.41, 5.74) is 19.9. The van der Waals surface area contributed by atoms with Crippen molar-refractivity contribution in [2.45, 2.75) is 24.7 Å². The molecule has 264 valence electrons. The molecule has 2 aliphatic carbocycles. The average molecular weight is 716 g/mol. The lowest BCUT2D eigenvalue weighted by atomic mass is 9.72. The number of nitrogens with zero attached hydrogens (tertiary/aromatic N) is 3. The normalized spacial score (nSPS) is 14.5. The van der Waals surface area contributed by atoms with E-state index in [1.807, 2.05) is 0 Å². The van der Waals surface area contributed by atoms with Crippen LogP contribution < -0.4 is 4.90 Å².